The van der Waals surface area contributed by atoms with Crippen molar-refractivity contribution in [2.45, 2.75) is 6.92 Å². The topological polar surface area (TPSA) is 32.3 Å². The van der Waals surface area contributed by atoms with Gasteiger partial charge in [0, 0.05) is 57.6 Å². The molecular weight excluding hydrogens is 765 g/mol. The van der Waals surface area contributed by atoms with Gasteiger partial charge in [-0.05, 0) is 143 Å². The number of benzene rings is 8. The van der Waals surface area contributed by atoms with Gasteiger partial charge in [-0.3, -0.25) is 9.97 Å². The smallest absolute Gasteiger partial charge is 0.0709 e. The predicted octanol–water partition coefficient (Wildman–Crippen LogP) is 16.1. The van der Waals surface area contributed by atoms with Gasteiger partial charge in [0.15, 0.2) is 0 Å². The second-order valence-corrected chi connectivity index (χ2v) is 15.6. The van der Waals surface area contributed by atoms with E-state index in [0.29, 0.717) is 0 Å². The number of aromatic nitrogens is 2. The summed E-state index contributed by atoms with van der Waals surface area (Å²) in [6, 6.07) is 83.6. The van der Waals surface area contributed by atoms with Crippen LogP contribution in [0, 0.1) is 6.92 Å². The summed E-state index contributed by atoms with van der Waals surface area (Å²) in [4.78, 5) is 14.4. The first kappa shape index (κ1) is 38.8. The molecule has 0 aliphatic rings. The van der Waals surface area contributed by atoms with Crippen LogP contribution in [0.4, 0.5) is 34.1 Å². The molecule has 2 heterocycles. The fourth-order valence-corrected chi connectivity index (χ4v) is 8.29. The standard InChI is InChI=1S/C59H44N4/c1-43-42-61-59(41-57(43)47-30-28-46(29-31-47)44-17-6-2-7-18-44)48-21-16-26-55(38-48)63(56-39-49(45-19-8-3-9-20-45)37-50(40-56)58-27-14-15-36-60-58)54-34-32-53(33-35-54)62(51-22-10-4-11-23-51)52-24-12-5-13-25-52/h2-42H,1H3. The van der Waals surface area contributed by atoms with Gasteiger partial charge in [-0.25, -0.2) is 0 Å². The molecular formula is C59H44N4. The van der Waals surface area contributed by atoms with Gasteiger partial charge in [-0.15, -0.1) is 0 Å². The van der Waals surface area contributed by atoms with Crippen LogP contribution < -0.4 is 9.80 Å². The summed E-state index contributed by atoms with van der Waals surface area (Å²) in [6.07, 6.45) is 3.85. The molecule has 8 aromatic carbocycles. The van der Waals surface area contributed by atoms with Crippen molar-refractivity contribution in [1.29, 1.82) is 0 Å². The van der Waals surface area contributed by atoms with E-state index in [-0.39, 0.29) is 0 Å². The summed E-state index contributed by atoms with van der Waals surface area (Å²) in [7, 11) is 0. The minimum atomic E-state index is 0.911. The van der Waals surface area contributed by atoms with Gasteiger partial charge in [-0.1, -0.05) is 140 Å². The van der Waals surface area contributed by atoms with E-state index in [9.17, 15) is 0 Å². The van der Waals surface area contributed by atoms with Crippen LogP contribution >= 0.6 is 0 Å². The van der Waals surface area contributed by atoms with Crippen molar-refractivity contribution in [2.75, 3.05) is 9.80 Å². The highest BCUT2D eigenvalue weighted by atomic mass is 15.2. The third kappa shape index (κ3) is 8.39. The molecule has 0 radical (unpaired) electrons. The number of rotatable bonds is 11. The van der Waals surface area contributed by atoms with Crippen LogP contribution in [-0.2, 0) is 0 Å². The minimum Gasteiger partial charge on any atom is -0.311 e. The molecule has 0 aliphatic heterocycles. The minimum absolute atomic E-state index is 0.911. The van der Waals surface area contributed by atoms with E-state index < -0.39 is 0 Å². The van der Waals surface area contributed by atoms with Crippen LogP contribution in [0.15, 0.2) is 249 Å². The molecule has 0 saturated heterocycles. The van der Waals surface area contributed by atoms with Gasteiger partial charge in [0.1, 0.15) is 0 Å². The van der Waals surface area contributed by atoms with Crippen molar-refractivity contribution in [3.63, 3.8) is 0 Å². The van der Waals surface area contributed by atoms with E-state index >= 15 is 0 Å². The molecule has 10 rings (SSSR count). The fourth-order valence-electron chi connectivity index (χ4n) is 8.29. The second-order valence-electron chi connectivity index (χ2n) is 15.6. The molecule has 0 aliphatic carbocycles. The van der Waals surface area contributed by atoms with Crippen LogP contribution in [0.5, 0.6) is 0 Å². The Labute approximate surface area is 369 Å². The largest absolute Gasteiger partial charge is 0.311 e. The summed E-state index contributed by atoms with van der Waals surface area (Å²) in [6.45, 7) is 2.13. The Balaban J connectivity index is 1.10. The zero-order valence-electron chi connectivity index (χ0n) is 35.0. The van der Waals surface area contributed by atoms with Crippen LogP contribution in [0.25, 0.3) is 55.9 Å². The maximum absolute atomic E-state index is 5.01. The Hall–Kier alpha value is -8.34. The van der Waals surface area contributed by atoms with Crippen molar-refractivity contribution < 1.29 is 0 Å². The maximum Gasteiger partial charge on any atom is 0.0709 e. The first-order valence-corrected chi connectivity index (χ1v) is 21.3. The molecule has 0 N–H and O–H groups in total. The van der Waals surface area contributed by atoms with Crippen molar-refractivity contribution in [1.82, 2.24) is 9.97 Å². The molecule has 4 nitrogen and oxygen atoms in total. The third-order valence-corrected chi connectivity index (χ3v) is 11.4. The van der Waals surface area contributed by atoms with Crippen LogP contribution in [0.3, 0.4) is 0 Å². The summed E-state index contributed by atoms with van der Waals surface area (Å²) in [5.41, 5.74) is 18.3. The number of hydrogen-bond donors (Lipinski definition) is 0. The zero-order chi connectivity index (χ0) is 42.4. The molecule has 63 heavy (non-hydrogen) atoms. The Morgan fingerprint density at radius 2 is 0.746 bits per heavy atom. The number of hydrogen-bond acceptors (Lipinski definition) is 4. The third-order valence-electron chi connectivity index (χ3n) is 11.4. The van der Waals surface area contributed by atoms with Crippen molar-refractivity contribution in [3.05, 3.63) is 255 Å². The molecule has 2 aromatic heterocycles. The number of para-hydroxylation sites is 2. The summed E-state index contributed by atoms with van der Waals surface area (Å²) < 4.78 is 0. The lowest BCUT2D eigenvalue weighted by Crippen LogP contribution is -2.12. The Morgan fingerprint density at radius 3 is 1.35 bits per heavy atom. The number of aryl methyl sites for hydroxylation is 1. The van der Waals surface area contributed by atoms with Gasteiger partial charge in [0.25, 0.3) is 0 Å². The molecule has 0 amide bonds. The molecule has 0 spiro atoms. The van der Waals surface area contributed by atoms with E-state index in [2.05, 4.69) is 241 Å². The van der Waals surface area contributed by atoms with Crippen LogP contribution in [0.2, 0.25) is 0 Å². The SMILES string of the molecule is Cc1cnc(-c2cccc(N(c3ccc(N(c4ccccc4)c4ccccc4)cc3)c3cc(-c4ccccc4)cc(-c4ccccn4)c3)c2)cc1-c1ccc(-c2ccccc2)cc1. The van der Waals surface area contributed by atoms with Crippen molar-refractivity contribution in [2.24, 2.45) is 0 Å². The lowest BCUT2D eigenvalue weighted by molar-refractivity contribution is 1.24. The lowest BCUT2D eigenvalue weighted by Gasteiger charge is -2.29. The van der Waals surface area contributed by atoms with Crippen molar-refractivity contribution >= 4 is 34.1 Å². The highest BCUT2D eigenvalue weighted by Gasteiger charge is 2.19. The highest BCUT2D eigenvalue weighted by Crippen LogP contribution is 2.43. The zero-order valence-corrected chi connectivity index (χ0v) is 35.0. The Bertz CT molecular complexity index is 2990. The van der Waals surface area contributed by atoms with Gasteiger partial charge in [-0.2, -0.15) is 0 Å². The van der Waals surface area contributed by atoms with E-state index in [4.69, 9.17) is 9.97 Å². The molecule has 0 bridgehead atoms. The summed E-state index contributed by atoms with van der Waals surface area (Å²) in [5, 5.41) is 0. The Morgan fingerprint density at radius 1 is 0.286 bits per heavy atom. The first-order chi connectivity index (χ1) is 31.1. The number of pyridine rings is 2. The van der Waals surface area contributed by atoms with E-state index in [0.717, 1.165) is 84.5 Å². The van der Waals surface area contributed by atoms with Gasteiger partial charge < -0.3 is 9.80 Å². The molecule has 0 atom stereocenters. The van der Waals surface area contributed by atoms with E-state index in [1.54, 1.807) is 0 Å². The van der Waals surface area contributed by atoms with E-state index in [1.165, 1.54) is 11.1 Å². The molecule has 0 unspecified atom stereocenters. The monoisotopic (exact) mass is 808 g/mol. The quantitative estimate of drug-likeness (QED) is 0.130. The van der Waals surface area contributed by atoms with Gasteiger partial charge in [0.05, 0.1) is 11.4 Å². The summed E-state index contributed by atoms with van der Waals surface area (Å²) >= 11 is 0. The summed E-state index contributed by atoms with van der Waals surface area (Å²) in [5.74, 6) is 0. The van der Waals surface area contributed by atoms with Gasteiger partial charge >= 0.3 is 0 Å². The predicted molar refractivity (Wildman–Crippen MR) is 263 cm³/mol. The average Bonchev–Trinajstić information content (AvgIpc) is 3.36. The maximum atomic E-state index is 5.01. The first-order valence-electron chi connectivity index (χ1n) is 21.3. The number of nitrogens with zero attached hydrogens (tertiary/aromatic N) is 4. The molecule has 4 heteroatoms. The van der Waals surface area contributed by atoms with E-state index in [1.807, 2.05) is 24.5 Å². The number of anilines is 6. The van der Waals surface area contributed by atoms with Crippen LogP contribution in [-0.4, -0.2) is 9.97 Å². The fraction of sp³-hybridized carbons (Fsp3) is 0.0169. The Kier molecular flexibility index (Phi) is 10.9. The normalized spacial score (nSPS) is 10.9. The van der Waals surface area contributed by atoms with Crippen LogP contribution in [0.1, 0.15) is 5.56 Å². The average molecular weight is 809 g/mol. The molecule has 0 fully saturated rings. The molecule has 0 saturated carbocycles. The highest BCUT2D eigenvalue weighted by molar-refractivity contribution is 5.87. The second kappa shape index (κ2) is 17.7. The lowest BCUT2D eigenvalue weighted by atomic mass is 9.96. The van der Waals surface area contributed by atoms with Gasteiger partial charge in [0.2, 0.25) is 0 Å². The van der Waals surface area contributed by atoms with Crippen molar-refractivity contribution in [3.8, 4) is 55.9 Å². The molecule has 10 aromatic rings. The molecule has 300 valence electrons.